The summed E-state index contributed by atoms with van der Waals surface area (Å²) in [6.45, 7) is 9.16. The number of amides is 3. The van der Waals surface area contributed by atoms with E-state index in [0.717, 1.165) is 17.5 Å². The lowest BCUT2D eigenvalue weighted by molar-refractivity contribution is -0.384. The van der Waals surface area contributed by atoms with E-state index in [4.69, 9.17) is 0 Å². The van der Waals surface area contributed by atoms with Crippen molar-refractivity contribution in [3.8, 4) is 0 Å². The molecule has 164 valence electrons. The number of nitrogens with one attached hydrogen (secondary N) is 1. The van der Waals surface area contributed by atoms with Crippen LogP contribution in [0.15, 0.2) is 42.5 Å². The number of anilines is 1. The van der Waals surface area contributed by atoms with Gasteiger partial charge in [0.25, 0.3) is 11.6 Å². The molecule has 1 N–H and O–H groups in total. The molecule has 1 heterocycles. The first-order valence-electron chi connectivity index (χ1n) is 10.4. The molecule has 31 heavy (non-hydrogen) atoms. The van der Waals surface area contributed by atoms with Crippen LogP contribution in [0.5, 0.6) is 0 Å². The average molecular weight is 425 g/mol. The highest BCUT2D eigenvalue weighted by molar-refractivity contribution is 5.96. The smallest absolute Gasteiger partial charge is 0.325 e. The lowest BCUT2D eigenvalue weighted by Crippen LogP contribution is -2.51. The predicted octanol–water partition coefficient (Wildman–Crippen LogP) is 4.48. The largest absolute Gasteiger partial charge is 0.352 e. The highest BCUT2D eigenvalue weighted by Gasteiger charge is 2.34. The van der Waals surface area contributed by atoms with E-state index in [2.05, 4.69) is 5.32 Å². The maximum absolute atomic E-state index is 13.5. The van der Waals surface area contributed by atoms with Crippen molar-refractivity contribution in [1.29, 1.82) is 0 Å². The Labute approximate surface area is 182 Å². The van der Waals surface area contributed by atoms with Gasteiger partial charge >= 0.3 is 6.03 Å². The first kappa shape index (κ1) is 22.3. The van der Waals surface area contributed by atoms with Crippen molar-refractivity contribution in [2.45, 2.75) is 52.7 Å². The van der Waals surface area contributed by atoms with Gasteiger partial charge in [-0.05, 0) is 62.6 Å². The Bertz CT molecular complexity index is 996. The van der Waals surface area contributed by atoms with Crippen LogP contribution in [0, 0.1) is 10.1 Å². The molecule has 8 nitrogen and oxygen atoms in total. The molecule has 2 aromatic rings. The number of urea groups is 1. The van der Waals surface area contributed by atoms with Crippen LogP contribution >= 0.6 is 0 Å². The second kappa shape index (κ2) is 8.75. The van der Waals surface area contributed by atoms with E-state index in [1.165, 1.54) is 12.1 Å². The van der Waals surface area contributed by atoms with Crippen molar-refractivity contribution in [1.82, 2.24) is 10.2 Å². The number of nitro groups is 1. The van der Waals surface area contributed by atoms with E-state index in [0.29, 0.717) is 30.9 Å². The van der Waals surface area contributed by atoms with Gasteiger partial charge in [-0.1, -0.05) is 13.0 Å². The number of fused-ring (bicyclic) bond motifs is 1. The number of carbonyl (C=O) groups is 2. The molecule has 8 heteroatoms. The van der Waals surface area contributed by atoms with Crippen molar-refractivity contribution >= 4 is 23.3 Å². The van der Waals surface area contributed by atoms with Crippen LogP contribution in [0.4, 0.5) is 16.2 Å². The number of hydrogen-bond donors (Lipinski definition) is 1. The van der Waals surface area contributed by atoms with Gasteiger partial charge in [0.1, 0.15) is 0 Å². The van der Waals surface area contributed by atoms with E-state index >= 15 is 0 Å². The van der Waals surface area contributed by atoms with E-state index in [-0.39, 0.29) is 17.6 Å². The minimum absolute atomic E-state index is 0.0256. The highest BCUT2D eigenvalue weighted by Crippen LogP contribution is 2.31. The molecule has 0 spiro atoms. The zero-order valence-corrected chi connectivity index (χ0v) is 18.3. The number of hydrogen-bond acceptors (Lipinski definition) is 4. The van der Waals surface area contributed by atoms with Crippen molar-refractivity contribution in [3.63, 3.8) is 0 Å². The number of benzene rings is 2. The molecule has 2 aromatic carbocycles. The fraction of sp³-hybridized carbons (Fsp3) is 0.391. The first-order chi connectivity index (χ1) is 14.6. The Hall–Kier alpha value is -3.42. The van der Waals surface area contributed by atoms with Gasteiger partial charge in [0, 0.05) is 48.6 Å². The molecule has 0 aromatic heterocycles. The SMILES string of the molecule is CCCNC(=O)c1ccc(N(C(=O)N2Cc3ccc([N+](=O)[O-])cc3C2)C(C)(C)C)cc1. The Kier molecular flexibility index (Phi) is 6.29. The Morgan fingerprint density at radius 1 is 1.10 bits per heavy atom. The zero-order valence-electron chi connectivity index (χ0n) is 18.3. The van der Waals surface area contributed by atoms with Crippen molar-refractivity contribution in [2.24, 2.45) is 0 Å². The molecule has 0 aliphatic carbocycles. The molecule has 0 bridgehead atoms. The summed E-state index contributed by atoms with van der Waals surface area (Å²) in [6.07, 6.45) is 0.859. The van der Waals surface area contributed by atoms with Gasteiger partial charge in [-0.2, -0.15) is 0 Å². The summed E-state index contributed by atoms with van der Waals surface area (Å²) < 4.78 is 0. The molecule has 1 aliphatic heterocycles. The molecule has 0 saturated heterocycles. The van der Waals surface area contributed by atoms with Crippen LogP contribution in [0.25, 0.3) is 0 Å². The van der Waals surface area contributed by atoms with E-state index in [9.17, 15) is 19.7 Å². The topological polar surface area (TPSA) is 95.8 Å². The lowest BCUT2D eigenvalue weighted by atomic mass is 10.0. The second-order valence-electron chi connectivity index (χ2n) is 8.66. The first-order valence-corrected chi connectivity index (χ1v) is 10.4. The Morgan fingerprint density at radius 2 is 1.74 bits per heavy atom. The van der Waals surface area contributed by atoms with Gasteiger partial charge in [0.2, 0.25) is 0 Å². The van der Waals surface area contributed by atoms with Gasteiger partial charge in [-0.15, -0.1) is 0 Å². The van der Waals surface area contributed by atoms with Crippen molar-refractivity contribution in [3.05, 3.63) is 69.3 Å². The molecule has 0 fully saturated rings. The fourth-order valence-electron chi connectivity index (χ4n) is 3.66. The van der Waals surface area contributed by atoms with Crippen molar-refractivity contribution in [2.75, 3.05) is 11.4 Å². The van der Waals surface area contributed by atoms with Gasteiger partial charge in [0.05, 0.1) is 4.92 Å². The molecule has 1 aliphatic rings. The summed E-state index contributed by atoms with van der Waals surface area (Å²) in [5.74, 6) is -0.140. The van der Waals surface area contributed by atoms with Crippen LogP contribution < -0.4 is 10.2 Å². The van der Waals surface area contributed by atoms with Gasteiger partial charge in [-0.25, -0.2) is 4.79 Å². The van der Waals surface area contributed by atoms with Crippen molar-refractivity contribution < 1.29 is 14.5 Å². The van der Waals surface area contributed by atoms with Crippen LogP contribution in [-0.4, -0.2) is 33.8 Å². The maximum atomic E-state index is 13.5. The monoisotopic (exact) mass is 424 g/mol. The third-order valence-corrected chi connectivity index (χ3v) is 5.18. The predicted molar refractivity (Wildman–Crippen MR) is 119 cm³/mol. The number of rotatable bonds is 5. The van der Waals surface area contributed by atoms with Gasteiger partial charge in [0.15, 0.2) is 0 Å². The molecule has 3 amide bonds. The van der Waals surface area contributed by atoms with Crippen LogP contribution in [0.1, 0.15) is 55.6 Å². The molecule has 0 saturated carbocycles. The number of nitrogens with zero attached hydrogens (tertiary/aromatic N) is 3. The Balaban J connectivity index is 1.82. The molecule has 0 radical (unpaired) electrons. The van der Waals surface area contributed by atoms with Gasteiger partial charge < -0.3 is 10.2 Å². The summed E-state index contributed by atoms with van der Waals surface area (Å²) in [5, 5.41) is 13.9. The van der Waals surface area contributed by atoms with Gasteiger partial charge in [-0.3, -0.25) is 19.8 Å². The lowest BCUT2D eigenvalue weighted by Gasteiger charge is -2.38. The third-order valence-electron chi connectivity index (χ3n) is 5.18. The van der Waals surface area contributed by atoms with Crippen LogP contribution in [0.3, 0.4) is 0 Å². The number of non-ortho nitro benzene ring substituents is 1. The average Bonchev–Trinajstić information content (AvgIpc) is 3.15. The molecular formula is C23H28N4O4. The number of nitro benzene ring substituents is 1. The van der Waals surface area contributed by atoms with Crippen LogP contribution in [0.2, 0.25) is 0 Å². The standard InChI is InChI=1S/C23H28N4O4/c1-5-12-24-21(28)16-6-9-19(10-7-16)26(23(2,3)4)22(29)25-14-17-8-11-20(27(30)31)13-18(17)15-25/h6-11,13H,5,12,14-15H2,1-4H3,(H,24,28). The quantitative estimate of drug-likeness (QED) is 0.566. The maximum Gasteiger partial charge on any atom is 0.325 e. The number of carbonyl (C=O) groups excluding carboxylic acids is 2. The fourth-order valence-corrected chi connectivity index (χ4v) is 3.66. The minimum atomic E-state index is -0.510. The molecular weight excluding hydrogens is 396 g/mol. The van der Waals surface area contributed by atoms with E-state index < -0.39 is 10.5 Å². The molecule has 3 rings (SSSR count). The normalized spacial score (nSPS) is 13.0. The van der Waals surface area contributed by atoms with E-state index in [1.54, 1.807) is 40.1 Å². The molecule has 0 atom stereocenters. The van der Waals surface area contributed by atoms with E-state index in [1.807, 2.05) is 27.7 Å². The second-order valence-corrected chi connectivity index (χ2v) is 8.66. The third kappa shape index (κ3) is 4.84. The summed E-state index contributed by atoms with van der Waals surface area (Å²) in [7, 11) is 0. The molecule has 0 unspecified atom stereocenters. The highest BCUT2D eigenvalue weighted by atomic mass is 16.6. The Morgan fingerprint density at radius 3 is 2.32 bits per heavy atom. The summed E-state index contributed by atoms with van der Waals surface area (Å²) in [5.41, 5.74) is 2.45. The zero-order chi connectivity index (χ0) is 22.8. The summed E-state index contributed by atoms with van der Waals surface area (Å²) >= 11 is 0. The minimum Gasteiger partial charge on any atom is -0.352 e. The summed E-state index contributed by atoms with van der Waals surface area (Å²) in [4.78, 5) is 39.7. The van der Waals surface area contributed by atoms with Crippen LogP contribution in [-0.2, 0) is 13.1 Å². The summed E-state index contributed by atoms with van der Waals surface area (Å²) in [6, 6.07) is 11.5.